The quantitative estimate of drug-likeness (QED) is 0.456. The topological polar surface area (TPSA) is 90.7 Å². The number of aryl methyl sites for hydroxylation is 1. The molecule has 0 fully saturated rings. The molecule has 0 aliphatic rings. The van der Waals surface area contributed by atoms with Crippen LogP contribution in [-0.4, -0.2) is 24.0 Å². The number of para-hydroxylation sites is 1. The molecule has 0 aliphatic heterocycles. The standard InChI is InChI=1S/C24H20N2O5/c1-15-12-21(19-13-16(24(28)29-2)8-10-20(19)25-15)26-23(27)22-11-9-18(31-22)14-30-17-6-4-3-5-7-17/h3-13H,14H2,1-2H3,(H,25,26,27). The first-order valence-corrected chi connectivity index (χ1v) is 9.61. The lowest BCUT2D eigenvalue weighted by Crippen LogP contribution is -2.12. The number of aromatic nitrogens is 1. The minimum atomic E-state index is -0.464. The van der Waals surface area contributed by atoms with Gasteiger partial charge in [0.05, 0.1) is 23.9 Å². The van der Waals surface area contributed by atoms with Gasteiger partial charge < -0.3 is 19.2 Å². The van der Waals surface area contributed by atoms with E-state index in [-0.39, 0.29) is 12.4 Å². The van der Waals surface area contributed by atoms with Gasteiger partial charge in [0.25, 0.3) is 5.91 Å². The van der Waals surface area contributed by atoms with Crippen molar-refractivity contribution in [3.63, 3.8) is 0 Å². The van der Waals surface area contributed by atoms with E-state index in [4.69, 9.17) is 13.9 Å². The molecule has 1 N–H and O–H groups in total. The Balaban J connectivity index is 1.54. The number of fused-ring (bicyclic) bond motifs is 1. The summed E-state index contributed by atoms with van der Waals surface area (Å²) in [7, 11) is 1.32. The highest BCUT2D eigenvalue weighted by atomic mass is 16.5. The van der Waals surface area contributed by atoms with E-state index in [0.29, 0.717) is 33.7 Å². The van der Waals surface area contributed by atoms with Gasteiger partial charge in [-0.05, 0) is 55.5 Å². The highest BCUT2D eigenvalue weighted by molar-refractivity contribution is 6.08. The van der Waals surface area contributed by atoms with Crippen molar-refractivity contribution in [3.05, 3.63) is 89.5 Å². The first-order chi connectivity index (χ1) is 15.0. The molecule has 0 bridgehead atoms. The number of methoxy groups -OCH3 is 1. The van der Waals surface area contributed by atoms with Gasteiger partial charge >= 0.3 is 5.97 Å². The summed E-state index contributed by atoms with van der Waals surface area (Å²) < 4.78 is 16.1. The Bertz CT molecular complexity index is 1250. The second-order valence-corrected chi connectivity index (χ2v) is 6.86. The molecule has 2 heterocycles. The number of nitrogens with one attached hydrogen (secondary N) is 1. The second-order valence-electron chi connectivity index (χ2n) is 6.86. The van der Waals surface area contributed by atoms with Crippen molar-refractivity contribution in [3.8, 4) is 5.75 Å². The maximum Gasteiger partial charge on any atom is 0.337 e. The predicted octanol–water partition coefficient (Wildman–Crippen LogP) is 4.75. The van der Waals surface area contributed by atoms with Crippen LogP contribution in [0.1, 0.15) is 32.4 Å². The molecule has 156 valence electrons. The normalized spacial score (nSPS) is 10.6. The van der Waals surface area contributed by atoms with Crippen molar-refractivity contribution in [2.45, 2.75) is 13.5 Å². The molecule has 4 aromatic rings. The van der Waals surface area contributed by atoms with E-state index >= 15 is 0 Å². The van der Waals surface area contributed by atoms with Gasteiger partial charge in [0.15, 0.2) is 5.76 Å². The van der Waals surface area contributed by atoms with Crippen molar-refractivity contribution in [2.75, 3.05) is 12.4 Å². The van der Waals surface area contributed by atoms with Crippen LogP contribution >= 0.6 is 0 Å². The number of benzene rings is 2. The number of hydrogen-bond acceptors (Lipinski definition) is 6. The van der Waals surface area contributed by atoms with Crippen molar-refractivity contribution in [2.24, 2.45) is 0 Å². The zero-order chi connectivity index (χ0) is 21.8. The number of ether oxygens (including phenoxy) is 2. The number of carbonyl (C=O) groups excluding carboxylic acids is 2. The van der Waals surface area contributed by atoms with Gasteiger partial charge in [0, 0.05) is 11.1 Å². The molecule has 0 radical (unpaired) electrons. The maximum absolute atomic E-state index is 12.8. The molecule has 31 heavy (non-hydrogen) atoms. The molecule has 0 saturated heterocycles. The lowest BCUT2D eigenvalue weighted by Gasteiger charge is -2.10. The largest absolute Gasteiger partial charge is 0.486 e. The van der Waals surface area contributed by atoms with E-state index in [1.807, 2.05) is 37.3 Å². The monoisotopic (exact) mass is 416 g/mol. The highest BCUT2D eigenvalue weighted by Gasteiger charge is 2.16. The van der Waals surface area contributed by atoms with E-state index in [1.54, 1.807) is 36.4 Å². The number of carbonyl (C=O) groups is 2. The fourth-order valence-electron chi connectivity index (χ4n) is 3.14. The summed E-state index contributed by atoms with van der Waals surface area (Å²) in [5.74, 6) is 0.511. The average molecular weight is 416 g/mol. The summed E-state index contributed by atoms with van der Waals surface area (Å²) in [6.07, 6.45) is 0. The predicted molar refractivity (Wildman–Crippen MR) is 115 cm³/mol. The Morgan fingerprint density at radius 3 is 2.61 bits per heavy atom. The van der Waals surface area contributed by atoms with E-state index in [0.717, 1.165) is 5.69 Å². The molecule has 0 unspecified atom stereocenters. The molecule has 0 aliphatic carbocycles. The summed E-state index contributed by atoms with van der Waals surface area (Å²) in [6.45, 7) is 2.03. The summed E-state index contributed by atoms with van der Waals surface area (Å²) in [4.78, 5) is 29.1. The van der Waals surface area contributed by atoms with Crippen LogP contribution in [0.25, 0.3) is 10.9 Å². The van der Waals surface area contributed by atoms with Gasteiger partial charge in [-0.1, -0.05) is 18.2 Å². The van der Waals surface area contributed by atoms with Crippen molar-refractivity contribution in [1.29, 1.82) is 0 Å². The smallest absolute Gasteiger partial charge is 0.337 e. The lowest BCUT2D eigenvalue weighted by atomic mass is 10.1. The Hall–Kier alpha value is -4.13. The first kappa shape index (κ1) is 20.2. The van der Waals surface area contributed by atoms with Gasteiger partial charge in [0.2, 0.25) is 0 Å². The third-order valence-corrected chi connectivity index (χ3v) is 4.62. The molecule has 2 aromatic carbocycles. The van der Waals surface area contributed by atoms with Gasteiger partial charge in [-0.15, -0.1) is 0 Å². The van der Waals surface area contributed by atoms with Crippen LogP contribution in [0, 0.1) is 6.92 Å². The number of amides is 1. The van der Waals surface area contributed by atoms with Crippen LogP contribution < -0.4 is 10.1 Å². The number of esters is 1. The van der Waals surface area contributed by atoms with Gasteiger partial charge in [-0.25, -0.2) is 4.79 Å². The molecule has 7 heteroatoms. The molecular weight excluding hydrogens is 396 g/mol. The van der Waals surface area contributed by atoms with Crippen LogP contribution in [0.5, 0.6) is 5.75 Å². The molecule has 2 aromatic heterocycles. The minimum absolute atomic E-state index is 0.151. The third-order valence-electron chi connectivity index (χ3n) is 4.62. The lowest BCUT2D eigenvalue weighted by molar-refractivity contribution is 0.0601. The Labute approximate surface area is 178 Å². The van der Waals surface area contributed by atoms with E-state index < -0.39 is 11.9 Å². The summed E-state index contributed by atoms with van der Waals surface area (Å²) in [6, 6.07) is 19.4. The molecule has 0 atom stereocenters. The Morgan fingerprint density at radius 1 is 1.03 bits per heavy atom. The van der Waals surface area contributed by atoms with Crippen molar-refractivity contribution in [1.82, 2.24) is 4.98 Å². The van der Waals surface area contributed by atoms with Gasteiger partial charge in [0.1, 0.15) is 18.1 Å². The number of nitrogens with zero attached hydrogens (tertiary/aromatic N) is 1. The average Bonchev–Trinajstić information content (AvgIpc) is 3.27. The van der Waals surface area contributed by atoms with E-state index in [1.165, 1.54) is 7.11 Å². The van der Waals surface area contributed by atoms with Gasteiger partial charge in [-0.2, -0.15) is 0 Å². The fraction of sp³-hybridized carbons (Fsp3) is 0.125. The maximum atomic E-state index is 12.8. The molecule has 4 rings (SSSR count). The third kappa shape index (κ3) is 4.56. The van der Waals surface area contributed by atoms with E-state index in [9.17, 15) is 9.59 Å². The molecule has 7 nitrogen and oxygen atoms in total. The summed E-state index contributed by atoms with van der Waals surface area (Å²) in [5, 5.41) is 3.47. The van der Waals surface area contributed by atoms with Crippen LogP contribution in [0.15, 0.2) is 71.1 Å². The number of rotatable bonds is 6. The summed E-state index contributed by atoms with van der Waals surface area (Å²) in [5.41, 5.74) is 2.27. The van der Waals surface area contributed by atoms with Crippen molar-refractivity contribution >= 4 is 28.5 Å². The van der Waals surface area contributed by atoms with Crippen LogP contribution in [0.4, 0.5) is 5.69 Å². The number of anilines is 1. The Kier molecular flexibility index (Phi) is 5.66. The molecule has 1 amide bonds. The zero-order valence-electron chi connectivity index (χ0n) is 17.0. The van der Waals surface area contributed by atoms with Crippen molar-refractivity contribution < 1.29 is 23.5 Å². The zero-order valence-corrected chi connectivity index (χ0v) is 17.0. The highest BCUT2D eigenvalue weighted by Crippen LogP contribution is 2.26. The Morgan fingerprint density at radius 2 is 1.84 bits per heavy atom. The van der Waals surface area contributed by atoms with Gasteiger partial charge in [-0.3, -0.25) is 9.78 Å². The number of pyridine rings is 1. The van der Waals surface area contributed by atoms with Crippen LogP contribution in [-0.2, 0) is 11.3 Å². The fourth-order valence-corrected chi connectivity index (χ4v) is 3.14. The number of hydrogen-bond donors (Lipinski definition) is 1. The SMILES string of the molecule is COC(=O)c1ccc2nc(C)cc(NC(=O)c3ccc(COc4ccccc4)o3)c2c1. The first-order valence-electron chi connectivity index (χ1n) is 9.61. The van der Waals surface area contributed by atoms with E-state index in [2.05, 4.69) is 10.3 Å². The molecular formula is C24H20N2O5. The molecule has 0 saturated carbocycles. The summed E-state index contributed by atoms with van der Waals surface area (Å²) >= 11 is 0. The number of furan rings is 1. The minimum Gasteiger partial charge on any atom is -0.486 e. The molecule has 0 spiro atoms. The second kappa shape index (κ2) is 8.71. The van der Waals surface area contributed by atoms with Crippen LogP contribution in [0.2, 0.25) is 0 Å². The van der Waals surface area contributed by atoms with Crippen LogP contribution in [0.3, 0.4) is 0 Å².